The van der Waals surface area contributed by atoms with Crippen molar-refractivity contribution in [2.45, 2.75) is 55.3 Å². The average molecular weight is 593 g/mol. The second-order valence-electron chi connectivity index (χ2n) is 9.92. The molecule has 14 nitrogen and oxygen atoms in total. The van der Waals surface area contributed by atoms with Crippen molar-refractivity contribution in [3.05, 3.63) is 52.9 Å². The summed E-state index contributed by atoms with van der Waals surface area (Å²) in [4.78, 5) is 12.5. The molecule has 2 fully saturated rings. The van der Waals surface area contributed by atoms with E-state index in [1.807, 2.05) is 0 Å². The van der Waals surface area contributed by atoms with Gasteiger partial charge in [0.15, 0.2) is 6.29 Å². The molecule has 2 saturated heterocycles. The van der Waals surface area contributed by atoms with Crippen LogP contribution >= 0.6 is 0 Å². The lowest BCUT2D eigenvalue weighted by molar-refractivity contribution is -0.307. The van der Waals surface area contributed by atoms with Gasteiger partial charge >= 0.3 is 5.63 Å². The summed E-state index contributed by atoms with van der Waals surface area (Å²) in [7, 11) is 2.92. The van der Waals surface area contributed by atoms with Crippen molar-refractivity contribution in [3.63, 3.8) is 0 Å². The van der Waals surface area contributed by atoms with E-state index in [1.54, 1.807) is 24.3 Å². The van der Waals surface area contributed by atoms with E-state index in [4.69, 9.17) is 32.8 Å². The Morgan fingerprint density at radius 2 is 1.50 bits per heavy atom. The molecule has 0 spiro atoms. The lowest BCUT2D eigenvalue weighted by Gasteiger charge is -2.41. The third-order valence-corrected chi connectivity index (χ3v) is 7.21. The summed E-state index contributed by atoms with van der Waals surface area (Å²) in [5, 5.41) is 61.9. The molecule has 6 N–H and O–H groups in total. The van der Waals surface area contributed by atoms with Crippen LogP contribution in [0.25, 0.3) is 22.1 Å². The topological polar surface area (TPSA) is 207 Å². The summed E-state index contributed by atoms with van der Waals surface area (Å²) in [6, 6.07) is 11.1. The Balaban J connectivity index is 1.45. The summed E-state index contributed by atoms with van der Waals surface area (Å²) >= 11 is 0. The van der Waals surface area contributed by atoms with Gasteiger partial charge in [-0.3, -0.25) is 0 Å². The molecule has 3 aromatic rings. The zero-order valence-electron chi connectivity index (χ0n) is 22.6. The van der Waals surface area contributed by atoms with Gasteiger partial charge in [0.25, 0.3) is 0 Å². The molecule has 0 radical (unpaired) electrons. The van der Waals surface area contributed by atoms with E-state index in [9.17, 15) is 35.4 Å². The molecule has 228 valence electrons. The van der Waals surface area contributed by atoms with Crippen LogP contribution in [0.15, 0.2) is 51.7 Å². The standard InChI is InChI=1S/C28H32O14/c1-36-13-5-3-12(4-6-13)15-9-20(30)40-17-7-14(37-2)8-18(21(15)17)41-28-26(35)24(33)23(32)19(42-28)11-39-27-25(34)22(31)16(29)10-38-27/h3-9,16,19,22-29,31-35H,10-11H2,1-2H3. The molecule has 2 aliphatic rings. The van der Waals surface area contributed by atoms with Crippen molar-refractivity contribution < 1.29 is 63.5 Å². The minimum Gasteiger partial charge on any atom is -0.497 e. The molecule has 0 bridgehead atoms. The van der Waals surface area contributed by atoms with Crippen LogP contribution in [0.4, 0.5) is 0 Å². The maximum atomic E-state index is 12.5. The third-order valence-electron chi connectivity index (χ3n) is 7.21. The van der Waals surface area contributed by atoms with Crippen LogP contribution in [-0.2, 0) is 14.2 Å². The molecule has 2 aromatic carbocycles. The maximum absolute atomic E-state index is 12.5. The smallest absolute Gasteiger partial charge is 0.336 e. The van der Waals surface area contributed by atoms with Gasteiger partial charge in [0, 0.05) is 23.8 Å². The van der Waals surface area contributed by atoms with E-state index in [0.717, 1.165) is 0 Å². The van der Waals surface area contributed by atoms with E-state index >= 15 is 0 Å². The average Bonchev–Trinajstić information content (AvgIpc) is 2.99. The molecule has 9 unspecified atom stereocenters. The van der Waals surface area contributed by atoms with Crippen molar-refractivity contribution >= 4 is 11.0 Å². The van der Waals surface area contributed by atoms with Gasteiger partial charge in [0.05, 0.1) is 32.8 Å². The molecule has 3 heterocycles. The Kier molecular flexibility index (Phi) is 8.98. The molecule has 0 amide bonds. The van der Waals surface area contributed by atoms with Crippen LogP contribution < -0.4 is 19.8 Å². The normalized spacial score (nSPS) is 31.6. The number of aliphatic hydroxyl groups excluding tert-OH is 6. The maximum Gasteiger partial charge on any atom is 0.336 e. The monoisotopic (exact) mass is 592 g/mol. The SMILES string of the molecule is COc1ccc(-c2cc(=O)oc3cc(OC)cc(OC4OC(COC5OCC(O)C(O)C5O)C(O)C(O)C4O)c23)cc1. The molecule has 14 heteroatoms. The second kappa shape index (κ2) is 12.5. The summed E-state index contributed by atoms with van der Waals surface area (Å²) < 4.78 is 38.5. The highest BCUT2D eigenvalue weighted by atomic mass is 16.7. The molecule has 9 atom stereocenters. The fourth-order valence-electron chi connectivity index (χ4n) is 4.84. The minimum atomic E-state index is -1.74. The molecule has 5 rings (SSSR count). The van der Waals surface area contributed by atoms with Gasteiger partial charge in [-0.15, -0.1) is 0 Å². The quantitative estimate of drug-likeness (QED) is 0.176. The predicted molar refractivity (Wildman–Crippen MR) is 142 cm³/mol. The lowest BCUT2D eigenvalue weighted by Crippen LogP contribution is -2.61. The largest absolute Gasteiger partial charge is 0.497 e. The minimum absolute atomic E-state index is 0.0642. The summed E-state index contributed by atoms with van der Waals surface area (Å²) in [5.41, 5.74) is 0.519. The molecule has 0 saturated carbocycles. The summed E-state index contributed by atoms with van der Waals surface area (Å²) in [6.07, 6.45) is -13.7. The first-order chi connectivity index (χ1) is 20.1. The Hall–Kier alpha value is -3.31. The molecular formula is C28H32O14. The number of rotatable bonds is 8. The summed E-state index contributed by atoms with van der Waals surface area (Å²) in [6.45, 7) is -0.764. The zero-order valence-corrected chi connectivity index (χ0v) is 22.6. The van der Waals surface area contributed by atoms with Gasteiger partial charge in [-0.2, -0.15) is 0 Å². The Bertz CT molecular complexity index is 1420. The molecular weight excluding hydrogens is 560 g/mol. The van der Waals surface area contributed by atoms with Crippen molar-refractivity contribution in [3.8, 4) is 28.4 Å². The van der Waals surface area contributed by atoms with Crippen molar-refractivity contribution in [1.29, 1.82) is 0 Å². The highest BCUT2D eigenvalue weighted by Crippen LogP contribution is 2.39. The van der Waals surface area contributed by atoms with Gasteiger partial charge < -0.3 is 63.5 Å². The number of fused-ring (bicyclic) bond motifs is 1. The van der Waals surface area contributed by atoms with Gasteiger partial charge in [0.2, 0.25) is 6.29 Å². The summed E-state index contributed by atoms with van der Waals surface area (Å²) in [5.74, 6) is 0.914. The first-order valence-corrected chi connectivity index (χ1v) is 13.0. The van der Waals surface area contributed by atoms with Gasteiger partial charge in [-0.05, 0) is 17.7 Å². The lowest BCUT2D eigenvalue weighted by atomic mass is 9.98. The van der Waals surface area contributed by atoms with Crippen LogP contribution in [0.5, 0.6) is 17.2 Å². The number of methoxy groups -OCH3 is 2. The van der Waals surface area contributed by atoms with E-state index < -0.39 is 67.5 Å². The fourth-order valence-corrected chi connectivity index (χ4v) is 4.84. The fraction of sp³-hybridized carbons (Fsp3) is 0.464. The van der Waals surface area contributed by atoms with E-state index in [2.05, 4.69) is 0 Å². The molecule has 0 aliphatic carbocycles. The number of hydrogen-bond donors (Lipinski definition) is 6. The van der Waals surface area contributed by atoms with Crippen LogP contribution in [-0.4, -0.2) is 113 Å². The van der Waals surface area contributed by atoms with E-state index in [0.29, 0.717) is 22.3 Å². The van der Waals surface area contributed by atoms with Crippen LogP contribution in [0.3, 0.4) is 0 Å². The Morgan fingerprint density at radius 1 is 0.810 bits per heavy atom. The van der Waals surface area contributed by atoms with Crippen molar-refractivity contribution in [2.24, 2.45) is 0 Å². The molecule has 2 aliphatic heterocycles. The first kappa shape index (κ1) is 30.2. The van der Waals surface area contributed by atoms with Crippen LogP contribution in [0.2, 0.25) is 0 Å². The third kappa shape index (κ3) is 5.94. The van der Waals surface area contributed by atoms with Gasteiger partial charge in [-0.1, -0.05) is 12.1 Å². The van der Waals surface area contributed by atoms with E-state index in [-0.39, 0.29) is 23.7 Å². The van der Waals surface area contributed by atoms with Crippen LogP contribution in [0, 0.1) is 0 Å². The Labute approximate surface area is 238 Å². The van der Waals surface area contributed by atoms with Crippen LogP contribution in [0.1, 0.15) is 0 Å². The van der Waals surface area contributed by atoms with Gasteiger partial charge in [0.1, 0.15) is 65.6 Å². The highest BCUT2D eigenvalue weighted by molar-refractivity contribution is 5.98. The zero-order chi connectivity index (χ0) is 30.1. The number of hydrogen-bond acceptors (Lipinski definition) is 14. The number of ether oxygens (including phenoxy) is 6. The van der Waals surface area contributed by atoms with E-state index in [1.165, 1.54) is 32.4 Å². The van der Waals surface area contributed by atoms with Gasteiger partial charge in [-0.25, -0.2) is 4.79 Å². The van der Waals surface area contributed by atoms with Crippen molar-refractivity contribution in [1.82, 2.24) is 0 Å². The number of benzene rings is 2. The first-order valence-electron chi connectivity index (χ1n) is 13.0. The second-order valence-corrected chi connectivity index (χ2v) is 9.92. The predicted octanol–water partition coefficient (Wildman–Crippen LogP) is -0.881. The molecule has 42 heavy (non-hydrogen) atoms. The highest BCUT2D eigenvalue weighted by Gasteiger charge is 2.46. The van der Waals surface area contributed by atoms with Crippen molar-refractivity contribution in [2.75, 3.05) is 27.4 Å². The number of aliphatic hydroxyl groups is 6. The molecule has 1 aromatic heterocycles. The Morgan fingerprint density at radius 3 is 2.19 bits per heavy atom.